The third-order valence-corrected chi connectivity index (χ3v) is 4.31. The summed E-state index contributed by atoms with van der Waals surface area (Å²) in [6.45, 7) is 4.56. The number of rotatable bonds is 3. The first-order chi connectivity index (χ1) is 9.74. The maximum Gasteiger partial charge on any atom is 0.224 e. The monoisotopic (exact) mass is 270 g/mol. The molecule has 2 unspecified atom stereocenters. The molecule has 0 aliphatic carbocycles. The van der Waals surface area contributed by atoms with Crippen LogP contribution in [0, 0.1) is 0 Å². The Labute approximate surface area is 120 Å². The van der Waals surface area contributed by atoms with Crippen LogP contribution in [-0.4, -0.2) is 29.1 Å². The Hall–Kier alpha value is -1.84. The van der Waals surface area contributed by atoms with Gasteiger partial charge in [0.25, 0.3) is 0 Å². The number of hydrogen-bond acceptors (Lipinski definition) is 4. The van der Waals surface area contributed by atoms with Crippen LogP contribution in [0.15, 0.2) is 24.3 Å². The second-order valence-electron chi connectivity index (χ2n) is 5.53. The highest BCUT2D eigenvalue weighted by Crippen LogP contribution is 2.35. The Bertz CT molecular complexity index is 610. The molecule has 2 aromatic rings. The first kappa shape index (κ1) is 13.2. The highest BCUT2D eigenvalue weighted by atomic mass is 15.3. The van der Waals surface area contributed by atoms with Crippen molar-refractivity contribution in [3.8, 4) is 0 Å². The first-order valence-corrected chi connectivity index (χ1v) is 7.47. The van der Waals surface area contributed by atoms with Gasteiger partial charge < -0.3 is 10.2 Å². The molecular weight excluding hydrogens is 248 g/mol. The van der Waals surface area contributed by atoms with Gasteiger partial charge in [-0.1, -0.05) is 19.1 Å². The molecule has 4 nitrogen and oxygen atoms in total. The summed E-state index contributed by atoms with van der Waals surface area (Å²) < 4.78 is 0. The first-order valence-electron chi connectivity index (χ1n) is 7.47. The van der Waals surface area contributed by atoms with Crippen LogP contribution in [0.5, 0.6) is 0 Å². The number of para-hydroxylation sites is 1. The fourth-order valence-corrected chi connectivity index (χ4v) is 3.22. The van der Waals surface area contributed by atoms with Crippen LogP contribution in [0.1, 0.15) is 33.1 Å². The van der Waals surface area contributed by atoms with Gasteiger partial charge in [0.1, 0.15) is 5.82 Å². The number of nitrogens with zero attached hydrogens (tertiary/aromatic N) is 3. The Balaban J connectivity index is 2.18. The summed E-state index contributed by atoms with van der Waals surface area (Å²) in [6.07, 6.45) is 3.66. The lowest BCUT2D eigenvalue weighted by atomic mass is 10.1. The molecule has 1 aliphatic heterocycles. The van der Waals surface area contributed by atoms with E-state index in [1.165, 1.54) is 12.8 Å². The minimum absolute atomic E-state index is 0.544. The lowest BCUT2D eigenvalue weighted by Crippen LogP contribution is -2.35. The van der Waals surface area contributed by atoms with E-state index in [4.69, 9.17) is 4.98 Å². The van der Waals surface area contributed by atoms with E-state index in [-0.39, 0.29) is 0 Å². The lowest BCUT2D eigenvalue weighted by molar-refractivity contribution is 0.623. The maximum atomic E-state index is 4.75. The number of anilines is 2. The quantitative estimate of drug-likeness (QED) is 0.927. The topological polar surface area (TPSA) is 41.1 Å². The molecule has 1 aromatic carbocycles. The van der Waals surface area contributed by atoms with Gasteiger partial charge in [-0.25, -0.2) is 4.98 Å². The highest BCUT2D eigenvalue weighted by molar-refractivity contribution is 5.90. The second-order valence-corrected chi connectivity index (χ2v) is 5.53. The van der Waals surface area contributed by atoms with Gasteiger partial charge in [0.2, 0.25) is 5.95 Å². The van der Waals surface area contributed by atoms with Crippen LogP contribution in [0.25, 0.3) is 10.9 Å². The van der Waals surface area contributed by atoms with Crippen molar-refractivity contribution in [1.29, 1.82) is 0 Å². The molecule has 0 spiro atoms. The largest absolute Gasteiger partial charge is 0.357 e. The molecule has 1 saturated heterocycles. The van der Waals surface area contributed by atoms with Crippen LogP contribution in [0.4, 0.5) is 11.8 Å². The molecule has 3 rings (SSSR count). The SMILES string of the molecule is CCC1CCC(C)N1c1nc(NC)nc2ccccc12. The Kier molecular flexibility index (Phi) is 3.47. The molecule has 1 aliphatic rings. The lowest BCUT2D eigenvalue weighted by Gasteiger charge is -2.30. The fraction of sp³-hybridized carbons (Fsp3) is 0.500. The summed E-state index contributed by atoms with van der Waals surface area (Å²) >= 11 is 0. The van der Waals surface area contributed by atoms with Crippen molar-refractivity contribution in [2.24, 2.45) is 0 Å². The van der Waals surface area contributed by atoms with Crippen LogP contribution in [0.2, 0.25) is 0 Å². The third kappa shape index (κ3) is 2.09. The summed E-state index contributed by atoms with van der Waals surface area (Å²) in [6, 6.07) is 9.42. The number of fused-ring (bicyclic) bond motifs is 1. The third-order valence-electron chi connectivity index (χ3n) is 4.31. The number of hydrogen-bond donors (Lipinski definition) is 1. The molecule has 2 heterocycles. The van der Waals surface area contributed by atoms with Gasteiger partial charge in [-0.2, -0.15) is 4.98 Å². The van der Waals surface area contributed by atoms with Gasteiger partial charge in [-0.15, -0.1) is 0 Å². The number of aromatic nitrogens is 2. The molecule has 4 heteroatoms. The smallest absolute Gasteiger partial charge is 0.224 e. The minimum Gasteiger partial charge on any atom is -0.357 e. The normalized spacial score (nSPS) is 22.4. The van der Waals surface area contributed by atoms with Gasteiger partial charge in [0.15, 0.2) is 0 Å². The van der Waals surface area contributed by atoms with Crippen molar-refractivity contribution >= 4 is 22.7 Å². The van der Waals surface area contributed by atoms with Crippen LogP contribution in [0.3, 0.4) is 0 Å². The summed E-state index contributed by atoms with van der Waals surface area (Å²) in [5.74, 6) is 1.78. The molecule has 106 valence electrons. The Morgan fingerprint density at radius 3 is 2.80 bits per heavy atom. The number of benzene rings is 1. The Morgan fingerprint density at radius 1 is 1.25 bits per heavy atom. The van der Waals surface area contributed by atoms with Crippen molar-refractivity contribution in [1.82, 2.24) is 9.97 Å². The van der Waals surface area contributed by atoms with E-state index in [1.807, 2.05) is 13.1 Å². The molecule has 1 aromatic heterocycles. The summed E-state index contributed by atoms with van der Waals surface area (Å²) in [5, 5.41) is 4.23. The minimum atomic E-state index is 0.544. The molecule has 0 bridgehead atoms. The van der Waals surface area contributed by atoms with Crippen molar-refractivity contribution in [3.63, 3.8) is 0 Å². The standard InChI is InChI=1S/C16H22N4/c1-4-12-10-9-11(2)20(12)15-13-7-5-6-8-14(13)18-16(17-3)19-15/h5-8,11-12H,4,9-10H2,1-3H3,(H,17,18,19). The zero-order valence-corrected chi connectivity index (χ0v) is 12.4. The average Bonchev–Trinajstić information content (AvgIpc) is 2.86. The van der Waals surface area contributed by atoms with Gasteiger partial charge in [-0.3, -0.25) is 0 Å². The van der Waals surface area contributed by atoms with E-state index < -0.39 is 0 Å². The fourth-order valence-electron chi connectivity index (χ4n) is 3.22. The highest BCUT2D eigenvalue weighted by Gasteiger charge is 2.31. The van der Waals surface area contributed by atoms with E-state index in [1.54, 1.807) is 0 Å². The van der Waals surface area contributed by atoms with E-state index in [2.05, 4.69) is 47.2 Å². The van der Waals surface area contributed by atoms with Crippen LogP contribution in [-0.2, 0) is 0 Å². The summed E-state index contributed by atoms with van der Waals surface area (Å²) in [5.41, 5.74) is 1.01. The van der Waals surface area contributed by atoms with E-state index in [9.17, 15) is 0 Å². The van der Waals surface area contributed by atoms with Gasteiger partial charge >= 0.3 is 0 Å². The van der Waals surface area contributed by atoms with Gasteiger partial charge in [0.05, 0.1) is 5.52 Å². The zero-order valence-electron chi connectivity index (χ0n) is 12.4. The van der Waals surface area contributed by atoms with E-state index in [0.29, 0.717) is 18.0 Å². The molecule has 1 N–H and O–H groups in total. The molecular formula is C16H22N4. The van der Waals surface area contributed by atoms with Gasteiger partial charge in [-0.05, 0) is 38.3 Å². The molecule has 20 heavy (non-hydrogen) atoms. The summed E-state index contributed by atoms with van der Waals surface area (Å²) in [7, 11) is 1.87. The van der Waals surface area contributed by atoms with E-state index in [0.717, 1.165) is 23.1 Å². The average molecular weight is 270 g/mol. The van der Waals surface area contributed by atoms with Crippen LogP contribution >= 0.6 is 0 Å². The zero-order chi connectivity index (χ0) is 14.1. The van der Waals surface area contributed by atoms with E-state index >= 15 is 0 Å². The molecule has 0 amide bonds. The number of nitrogens with one attached hydrogen (secondary N) is 1. The maximum absolute atomic E-state index is 4.75. The van der Waals surface area contributed by atoms with Crippen LogP contribution < -0.4 is 10.2 Å². The van der Waals surface area contributed by atoms with Gasteiger partial charge in [0, 0.05) is 24.5 Å². The van der Waals surface area contributed by atoms with Crippen molar-refractivity contribution in [3.05, 3.63) is 24.3 Å². The predicted octanol–water partition coefficient (Wildman–Crippen LogP) is 3.44. The van der Waals surface area contributed by atoms with Crippen molar-refractivity contribution < 1.29 is 0 Å². The Morgan fingerprint density at radius 2 is 2.05 bits per heavy atom. The molecule has 0 radical (unpaired) electrons. The van der Waals surface area contributed by atoms with Crippen molar-refractivity contribution in [2.75, 3.05) is 17.3 Å². The van der Waals surface area contributed by atoms with Crippen molar-refractivity contribution in [2.45, 2.75) is 45.2 Å². The molecule has 0 saturated carbocycles. The predicted molar refractivity (Wildman–Crippen MR) is 84.3 cm³/mol. The molecule has 1 fully saturated rings. The summed E-state index contributed by atoms with van der Waals surface area (Å²) in [4.78, 5) is 11.8. The second kappa shape index (κ2) is 5.27. The molecule has 2 atom stereocenters.